The summed E-state index contributed by atoms with van der Waals surface area (Å²) in [6.07, 6.45) is -4.68. The number of aromatic nitrogens is 1. The summed E-state index contributed by atoms with van der Waals surface area (Å²) in [5.41, 5.74) is -1.94. The number of nitrogens with zero attached hydrogens (tertiary/aromatic N) is 1. The van der Waals surface area contributed by atoms with Crippen LogP contribution in [0.1, 0.15) is 21.7 Å². The number of aryl methyl sites for hydroxylation is 1. The fraction of sp³-hybridized carbons (Fsp3) is 0.400. The van der Waals surface area contributed by atoms with E-state index in [1.807, 2.05) is 0 Å². The topological polar surface area (TPSA) is 48.4 Å². The number of esters is 1. The van der Waals surface area contributed by atoms with E-state index in [2.05, 4.69) is 14.5 Å². The van der Waals surface area contributed by atoms with Crippen LogP contribution in [0.25, 0.3) is 0 Å². The average molecular weight is 284 g/mol. The van der Waals surface area contributed by atoms with E-state index in [1.165, 1.54) is 0 Å². The summed E-state index contributed by atoms with van der Waals surface area (Å²) in [5.74, 6) is -1.58. The largest absolute Gasteiger partial charge is 0.494 e. The van der Waals surface area contributed by atoms with Crippen molar-refractivity contribution in [2.24, 2.45) is 0 Å². The van der Waals surface area contributed by atoms with Crippen LogP contribution in [0, 0.1) is 6.92 Å². The van der Waals surface area contributed by atoms with Crippen molar-refractivity contribution in [2.45, 2.75) is 13.1 Å². The monoisotopic (exact) mass is 283 g/mol. The van der Waals surface area contributed by atoms with Crippen molar-refractivity contribution >= 4 is 17.6 Å². The molecule has 4 nitrogen and oxygen atoms in total. The molecule has 0 aromatic carbocycles. The first-order chi connectivity index (χ1) is 8.23. The lowest BCUT2D eigenvalue weighted by Gasteiger charge is -2.16. The minimum absolute atomic E-state index is 0.413. The highest BCUT2D eigenvalue weighted by atomic mass is 35.5. The minimum Gasteiger partial charge on any atom is -0.494 e. The van der Waals surface area contributed by atoms with Crippen LogP contribution in [0.2, 0.25) is 5.02 Å². The van der Waals surface area contributed by atoms with Gasteiger partial charge in [-0.05, 0) is 6.92 Å². The van der Waals surface area contributed by atoms with Crippen LogP contribution in [-0.4, -0.2) is 25.2 Å². The van der Waals surface area contributed by atoms with E-state index in [-0.39, 0.29) is 0 Å². The molecule has 8 heteroatoms. The van der Waals surface area contributed by atoms with E-state index in [0.717, 1.165) is 21.1 Å². The number of carbonyl (C=O) groups excluding carboxylic acids is 1. The maximum absolute atomic E-state index is 12.8. The molecule has 0 aliphatic heterocycles. The van der Waals surface area contributed by atoms with Crippen molar-refractivity contribution in [3.8, 4) is 5.75 Å². The van der Waals surface area contributed by atoms with E-state index < -0.39 is 39.9 Å². The molecule has 1 rings (SSSR count). The third-order valence-corrected chi connectivity index (χ3v) is 2.49. The summed E-state index contributed by atoms with van der Waals surface area (Å²) in [4.78, 5) is 14.8. The number of carbonyl (C=O) groups is 1. The first-order valence-electron chi connectivity index (χ1n) is 4.63. The molecule has 0 atom stereocenters. The maximum Gasteiger partial charge on any atom is 0.421 e. The van der Waals surface area contributed by atoms with Gasteiger partial charge in [0.05, 0.1) is 19.9 Å². The smallest absolute Gasteiger partial charge is 0.421 e. The van der Waals surface area contributed by atoms with Gasteiger partial charge in [0.15, 0.2) is 11.4 Å². The highest BCUT2D eigenvalue weighted by Gasteiger charge is 2.39. The molecule has 18 heavy (non-hydrogen) atoms. The van der Waals surface area contributed by atoms with E-state index in [0.29, 0.717) is 0 Å². The maximum atomic E-state index is 12.8. The summed E-state index contributed by atoms with van der Waals surface area (Å²) in [5, 5.41) is -0.526. The van der Waals surface area contributed by atoms with Crippen LogP contribution in [-0.2, 0) is 10.9 Å². The van der Waals surface area contributed by atoms with Gasteiger partial charge in [0.2, 0.25) is 0 Å². The second-order valence-electron chi connectivity index (χ2n) is 3.26. The Morgan fingerprint density at radius 2 is 1.89 bits per heavy atom. The van der Waals surface area contributed by atoms with Gasteiger partial charge < -0.3 is 9.47 Å². The molecule has 1 aromatic heterocycles. The van der Waals surface area contributed by atoms with Gasteiger partial charge in [0.1, 0.15) is 10.6 Å². The summed E-state index contributed by atoms with van der Waals surface area (Å²) in [6.45, 7) is 1.11. The lowest BCUT2D eigenvalue weighted by atomic mass is 10.1. The Kier molecular flexibility index (Phi) is 4.05. The molecule has 0 N–H and O–H groups in total. The van der Waals surface area contributed by atoms with E-state index >= 15 is 0 Å². The summed E-state index contributed by atoms with van der Waals surface area (Å²) < 4.78 is 47.4. The fourth-order valence-electron chi connectivity index (χ4n) is 1.41. The zero-order valence-electron chi connectivity index (χ0n) is 9.68. The van der Waals surface area contributed by atoms with Gasteiger partial charge >= 0.3 is 12.1 Å². The van der Waals surface area contributed by atoms with E-state index in [9.17, 15) is 18.0 Å². The lowest BCUT2D eigenvalue weighted by molar-refractivity contribution is -0.139. The first-order valence-corrected chi connectivity index (χ1v) is 5.01. The lowest BCUT2D eigenvalue weighted by Crippen LogP contribution is -2.15. The Morgan fingerprint density at radius 1 is 1.33 bits per heavy atom. The van der Waals surface area contributed by atoms with Crippen LogP contribution in [0.5, 0.6) is 5.75 Å². The SMILES string of the molecule is COC(=O)c1nc(C)c(C(F)(F)F)c(OC)c1Cl. The number of rotatable bonds is 2. The van der Waals surface area contributed by atoms with Crippen molar-refractivity contribution in [1.29, 1.82) is 0 Å². The number of alkyl halides is 3. The molecular weight excluding hydrogens is 275 g/mol. The van der Waals surface area contributed by atoms with E-state index in [1.54, 1.807) is 0 Å². The molecule has 0 amide bonds. The highest BCUT2D eigenvalue weighted by Crippen LogP contribution is 2.42. The molecule has 0 saturated carbocycles. The fourth-order valence-corrected chi connectivity index (χ4v) is 1.70. The third-order valence-electron chi connectivity index (χ3n) is 2.14. The van der Waals surface area contributed by atoms with Gasteiger partial charge in [-0.15, -0.1) is 0 Å². The van der Waals surface area contributed by atoms with E-state index in [4.69, 9.17) is 11.6 Å². The van der Waals surface area contributed by atoms with Crippen LogP contribution < -0.4 is 4.74 Å². The number of ether oxygens (including phenoxy) is 2. The second kappa shape index (κ2) is 5.01. The van der Waals surface area contributed by atoms with Gasteiger partial charge in [-0.25, -0.2) is 9.78 Å². The molecule has 1 heterocycles. The van der Waals surface area contributed by atoms with Crippen LogP contribution in [0.15, 0.2) is 0 Å². The van der Waals surface area contributed by atoms with Gasteiger partial charge in [-0.2, -0.15) is 13.2 Å². The predicted octanol–water partition coefficient (Wildman–Crippen LogP) is 2.86. The number of methoxy groups -OCH3 is 2. The van der Waals surface area contributed by atoms with Crippen molar-refractivity contribution in [1.82, 2.24) is 4.98 Å². The van der Waals surface area contributed by atoms with Crippen molar-refractivity contribution < 1.29 is 27.4 Å². The Hall–Kier alpha value is -1.50. The summed E-state index contributed by atoms with van der Waals surface area (Å²) in [6, 6.07) is 0. The Labute approximate surface area is 106 Å². The van der Waals surface area contributed by atoms with Crippen molar-refractivity contribution in [3.05, 3.63) is 22.0 Å². The molecule has 0 aliphatic carbocycles. The molecule has 0 aliphatic rings. The number of pyridine rings is 1. The molecule has 0 unspecified atom stereocenters. The molecule has 100 valence electrons. The normalized spacial score (nSPS) is 11.3. The zero-order chi connectivity index (χ0) is 14.1. The molecule has 0 saturated heterocycles. The Morgan fingerprint density at radius 3 is 2.28 bits per heavy atom. The van der Waals surface area contributed by atoms with Crippen molar-refractivity contribution in [3.63, 3.8) is 0 Å². The Bertz CT molecular complexity index is 488. The standard InChI is InChI=1S/C10H9ClF3NO3/c1-4-5(10(12,13)14)8(17-2)6(11)7(15-4)9(16)18-3/h1-3H3. The van der Waals surface area contributed by atoms with Crippen LogP contribution in [0.4, 0.5) is 13.2 Å². The second-order valence-corrected chi connectivity index (χ2v) is 3.64. The van der Waals surface area contributed by atoms with Crippen LogP contribution >= 0.6 is 11.6 Å². The molecular formula is C10H9ClF3NO3. The van der Waals surface area contributed by atoms with Crippen LogP contribution in [0.3, 0.4) is 0 Å². The van der Waals surface area contributed by atoms with Crippen molar-refractivity contribution in [2.75, 3.05) is 14.2 Å². The molecule has 0 radical (unpaired) electrons. The van der Waals surface area contributed by atoms with Gasteiger partial charge in [-0.1, -0.05) is 11.6 Å². The highest BCUT2D eigenvalue weighted by molar-refractivity contribution is 6.34. The first kappa shape index (κ1) is 14.6. The quantitative estimate of drug-likeness (QED) is 0.783. The molecule has 1 aromatic rings. The number of hydrogen-bond donors (Lipinski definition) is 0. The van der Waals surface area contributed by atoms with Gasteiger partial charge in [-0.3, -0.25) is 0 Å². The number of hydrogen-bond acceptors (Lipinski definition) is 4. The molecule has 0 bridgehead atoms. The van der Waals surface area contributed by atoms with Gasteiger partial charge in [0, 0.05) is 0 Å². The predicted molar refractivity (Wildman–Crippen MR) is 56.9 cm³/mol. The molecule has 0 spiro atoms. The average Bonchev–Trinajstić information content (AvgIpc) is 2.28. The molecule has 0 fully saturated rings. The Balaban J connectivity index is 3.61. The summed E-state index contributed by atoms with van der Waals surface area (Å²) >= 11 is 5.68. The zero-order valence-corrected chi connectivity index (χ0v) is 10.4. The third kappa shape index (κ3) is 2.50. The number of halogens is 4. The van der Waals surface area contributed by atoms with Gasteiger partial charge in [0.25, 0.3) is 0 Å². The minimum atomic E-state index is -4.68. The summed E-state index contributed by atoms with van der Waals surface area (Å²) in [7, 11) is 2.09.